The minimum absolute atomic E-state index is 0.0754. The fourth-order valence-electron chi connectivity index (χ4n) is 3.80. The number of hydrogen-bond acceptors (Lipinski definition) is 7. The standard InChI is InChI=1S/C28H28N6O3/c1-18-10-11-20(16-22(18)26(35)33(2)3)31-28-30-15-14-25(32-28)34(4)21-12-13-24(37-27(29)36)23(17-21)19-8-6-5-7-9-19/h5-17H,1-4H3,(H2,29,36)(H,30,31,32). The van der Waals surface area contributed by atoms with Crippen molar-refractivity contribution < 1.29 is 14.3 Å². The van der Waals surface area contributed by atoms with Gasteiger partial charge in [0.05, 0.1) is 0 Å². The fourth-order valence-corrected chi connectivity index (χ4v) is 3.80. The highest BCUT2D eigenvalue weighted by Gasteiger charge is 2.15. The summed E-state index contributed by atoms with van der Waals surface area (Å²) in [5, 5.41) is 3.19. The number of carbonyl (C=O) groups is 2. The number of benzene rings is 3. The van der Waals surface area contributed by atoms with Crippen LogP contribution in [0.1, 0.15) is 15.9 Å². The molecule has 188 valence electrons. The van der Waals surface area contributed by atoms with Gasteiger partial charge in [-0.15, -0.1) is 0 Å². The average molecular weight is 497 g/mol. The number of ether oxygens (including phenoxy) is 1. The number of carbonyl (C=O) groups excluding carboxylic acids is 2. The summed E-state index contributed by atoms with van der Waals surface area (Å²) in [4.78, 5) is 36.4. The minimum Gasteiger partial charge on any atom is -0.410 e. The number of aromatic nitrogens is 2. The smallest absolute Gasteiger partial charge is 0.409 e. The van der Waals surface area contributed by atoms with Gasteiger partial charge in [-0.2, -0.15) is 4.98 Å². The Hall–Kier alpha value is -4.92. The van der Waals surface area contributed by atoms with E-state index >= 15 is 0 Å². The second kappa shape index (κ2) is 10.8. The van der Waals surface area contributed by atoms with Crippen molar-refractivity contribution in [1.29, 1.82) is 0 Å². The summed E-state index contributed by atoms with van der Waals surface area (Å²) in [6.07, 6.45) is 0.778. The molecule has 9 heteroatoms. The van der Waals surface area contributed by atoms with Gasteiger partial charge >= 0.3 is 6.09 Å². The third kappa shape index (κ3) is 5.84. The van der Waals surface area contributed by atoms with Crippen LogP contribution in [0.25, 0.3) is 11.1 Å². The highest BCUT2D eigenvalue weighted by Crippen LogP contribution is 2.35. The van der Waals surface area contributed by atoms with Gasteiger partial charge in [0.1, 0.15) is 11.6 Å². The first-order valence-electron chi connectivity index (χ1n) is 11.6. The molecule has 37 heavy (non-hydrogen) atoms. The van der Waals surface area contributed by atoms with Crippen molar-refractivity contribution >= 4 is 35.1 Å². The van der Waals surface area contributed by atoms with E-state index in [1.807, 2.05) is 73.5 Å². The zero-order chi connectivity index (χ0) is 26.5. The lowest BCUT2D eigenvalue weighted by Gasteiger charge is -2.21. The SMILES string of the molecule is Cc1ccc(Nc2nccc(N(C)c3ccc(OC(N)=O)c(-c4ccccc4)c3)n2)cc1C(=O)N(C)C. The number of nitrogens with two attached hydrogens (primary N) is 1. The molecule has 9 nitrogen and oxygen atoms in total. The second-order valence-electron chi connectivity index (χ2n) is 8.62. The molecule has 2 amide bonds. The lowest BCUT2D eigenvalue weighted by molar-refractivity contribution is 0.0827. The maximum absolute atomic E-state index is 12.5. The van der Waals surface area contributed by atoms with E-state index in [2.05, 4.69) is 15.3 Å². The third-order valence-corrected chi connectivity index (χ3v) is 5.76. The second-order valence-corrected chi connectivity index (χ2v) is 8.62. The molecular weight excluding hydrogens is 468 g/mol. The number of nitrogens with one attached hydrogen (secondary N) is 1. The van der Waals surface area contributed by atoms with Gasteiger partial charge in [0.15, 0.2) is 0 Å². The Balaban J connectivity index is 1.63. The summed E-state index contributed by atoms with van der Waals surface area (Å²) >= 11 is 0. The molecule has 0 unspecified atom stereocenters. The van der Waals surface area contributed by atoms with E-state index in [0.29, 0.717) is 34.3 Å². The van der Waals surface area contributed by atoms with Gasteiger partial charge in [0, 0.05) is 49.8 Å². The van der Waals surface area contributed by atoms with Crippen LogP contribution in [0.4, 0.5) is 27.9 Å². The Kier molecular flexibility index (Phi) is 7.34. The van der Waals surface area contributed by atoms with Gasteiger partial charge in [0.2, 0.25) is 5.95 Å². The third-order valence-electron chi connectivity index (χ3n) is 5.76. The van der Waals surface area contributed by atoms with Crippen molar-refractivity contribution in [2.45, 2.75) is 6.92 Å². The van der Waals surface area contributed by atoms with Crippen molar-refractivity contribution in [2.24, 2.45) is 5.73 Å². The van der Waals surface area contributed by atoms with Gasteiger partial charge in [-0.25, -0.2) is 9.78 Å². The molecule has 0 aliphatic rings. The van der Waals surface area contributed by atoms with Crippen LogP contribution in [0, 0.1) is 6.92 Å². The van der Waals surface area contributed by atoms with Gasteiger partial charge in [0.25, 0.3) is 5.91 Å². The zero-order valence-corrected chi connectivity index (χ0v) is 21.1. The van der Waals surface area contributed by atoms with Crippen LogP contribution in [0.2, 0.25) is 0 Å². The number of amides is 2. The molecule has 3 N–H and O–H groups in total. The van der Waals surface area contributed by atoms with Crippen LogP contribution >= 0.6 is 0 Å². The van der Waals surface area contributed by atoms with Gasteiger partial charge < -0.3 is 25.6 Å². The molecule has 0 fully saturated rings. The Morgan fingerprint density at radius 1 is 0.946 bits per heavy atom. The van der Waals surface area contributed by atoms with Crippen LogP contribution in [0.5, 0.6) is 5.75 Å². The fraction of sp³-hybridized carbons (Fsp3) is 0.143. The molecule has 0 spiro atoms. The average Bonchev–Trinajstić information content (AvgIpc) is 2.89. The molecule has 4 rings (SSSR count). The van der Waals surface area contributed by atoms with Crippen LogP contribution in [0.3, 0.4) is 0 Å². The number of rotatable bonds is 7. The Morgan fingerprint density at radius 2 is 1.70 bits per heavy atom. The maximum atomic E-state index is 12.5. The lowest BCUT2D eigenvalue weighted by atomic mass is 10.0. The first kappa shape index (κ1) is 25.2. The quantitative estimate of drug-likeness (QED) is 0.365. The monoisotopic (exact) mass is 496 g/mol. The Labute approximate surface area is 215 Å². The number of anilines is 4. The Bertz CT molecular complexity index is 1440. The molecule has 0 atom stereocenters. The van der Waals surface area contributed by atoms with E-state index in [9.17, 15) is 9.59 Å². The van der Waals surface area contributed by atoms with E-state index in [0.717, 1.165) is 16.8 Å². The molecule has 1 aromatic heterocycles. The highest BCUT2D eigenvalue weighted by atomic mass is 16.5. The molecule has 4 aromatic rings. The number of aryl methyl sites for hydroxylation is 1. The maximum Gasteiger partial charge on any atom is 0.409 e. The predicted molar refractivity (Wildman–Crippen MR) is 145 cm³/mol. The van der Waals surface area contributed by atoms with Crippen molar-refractivity contribution in [3.63, 3.8) is 0 Å². The summed E-state index contributed by atoms with van der Waals surface area (Å²) in [6.45, 7) is 1.90. The van der Waals surface area contributed by atoms with Crippen LogP contribution in [0.15, 0.2) is 79.0 Å². The summed E-state index contributed by atoms with van der Waals surface area (Å²) in [5.41, 5.74) is 9.88. The summed E-state index contributed by atoms with van der Waals surface area (Å²) < 4.78 is 5.23. The summed E-state index contributed by atoms with van der Waals surface area (Å²) in [6, 6.07) is 22.4. The highest BCUT2D eigenvalue weighted by molar-refractivity contribution is 5.96. The van der Waals surface area contributed by atoms with Crippen LogP contribution < -0.4 is 20.7 Å². The molecule has 1 heterocycles. The molecule has 0 bridgehead atoms. The van der Waals surface area contributed by atoms with E-state index in [1.165, 1.54) is 0 Å². The molecular formula is C28H28N6O3. The van der Waals surface area contributed by atoms with Gasteiger partial charge in [-0.3, -0.25) is 4.79 Å². The number of nitrogens with zero attached hydrogens (tertiary/aromatic N) is 4. The topological polar surface area (TPSA) is 114 Å². The normalized spacial score (nSPS) is 10.5. The van der Waals surface area contributed by atoms with Crippen molar-refractivity contribution in [1.82, 2.24) is 14.9 Å². The molecule has 0 aliphatic carbocycles. The predicted octanol–water partition coefficient (Wildman–Crippen LogP) is 5.12. The van der Waals surface area contributed by atoms with Gasteiger partial charge in [-0.05, 0) is 54.4 Å². The van der Waals surface area contributed by atoms with E-state index in [1.54, 1.807) is 43.4 Å². The molecule has 0 aliphatic heterocycles. The largest absolute Gasteiger partial charge is 0.410 e. The number of primary amides is 1. The summed E-state index contributed by atoms with van der Waals surface area (Å²) in [5.74, 6) is 1.31. The van der Waals surface area contributed by atoms with Crippen molar-refractivity contribution in [3.05, 3.63) is 90.1 Å². The Morgan fingerprint density at radius 3 is 2.41 bits per heavy atom. The van der Waals surface area contributed by atoms with Gasteiger partial charge in [-0.1, -0.05) is 36.4 Å². The first-order chi connectivity index (χ1) is 17.7. The van der Waals surface area contributed by atoms with E-state index in [-0.39, 0.29) is 5.91 Å². The molecule has 0 saturated heterocycles. The molecule has 0 saturated carbocycles. The van der Waals surface area contributed by atoms with Crippen molar-refractivity contribution in [3.8, 4) is 16.9 Å². The minimum atomic E-state index is -0.878. The molecule has 3 aromatic carbocycles. The first-order valence-corrected chi connectivity index (χ1v) is 11.6. The summed E-state index contributed by atoms with van der Waals surface area (Å²) in [7, 11) is 5.32. The number of hydrogen-bond donors (Lipinski definition) is 2. The van der Waals surface area contributed by atoms with E-state index in [4.69, 9.17) is 10.5 Å². The zero-order valence-electron chi connectivity index (χ0n) is 21.1. The van der Waals surface area contributed by atoms with E-state index < -0.39 is 6.09 Å². The lowest BCUT2D eigenvalue weighted by Crippen LogP contribution is -2.22. The van der Waals surface area contributed by atoms with Crippen LogP contribution in [-0.4, -0.2) is 48.0 Å². The van der Waals surface area contributed by atoms with Crippen molar-refractivity contribution in [2.75, 3.05) is 31.4 Å². The van der Waals surface area contributed by atoms with Crippen LogP contribution in [-0.2, 0) is 0 Å². The molecule has 0 radical (unpaired) electrons.